The third-order valence-electron chi connectivity index (χ3n) is 11.1. The van der Waals surface area contributed by atoms with Gasteiger partial charge in [0.2, 0.25) is 0 Å². The topological polar surface area (TPSA) is 20.2 Å². The van der Waals surface area contributed by atoms with Gasteiger partial charge in [0.25, 0.3) is 0 Å². The molecule has 0 aromatic heterocycles. The van der Waals surface area contributed by atoms with E-state index < -0.39 is 0 Å². The largest absolute Gasteiger partial charge is 0.396 e. The Bertz CT molecular complexity index is 647. The molecule has 0 radical (unpaired) electrons. The molecular formula is C29H50O. The Morgan fingerprint density at radius 1 is 0.967 bits per heavy atom. The van der Waals surface area contributed by atoms with Crippen LogP contribution in [-0.2, 0) is 0 Å². The van der Waals surface area contributed by atoms with Gasteiger partial charge >= 0.3 is 0 Å². The zero-order valence-corrected chi connectivity index (χ0v) is 21.0. The highest BCUT2D eigenvalue weighted by Gasteiger charge is 2.60. The highest BCUT2D eigenvalue weighted by atomic mass is 16.3. The second-order valence-electron chi connectivity index (χ2n) is 13.3. The van der Waals surface area contributed by atoms with Gasteiger partial charge in [-0.3, -0.25) is 0 Å². The highest BCUT2D eigenvalue weighted by molar-refractivity contribution is 5.29. The van der Waals surface area contributed by atoms with Gasteiger partial charge in [0.1, 0.15) is 0 Å². The Labute approximate surface area is 187 Å². The second kappa shape index (κ2) is 8.24. The maximum absolute atomic E-state index is 9.35. The van der Waals surface area contributed by atoms with Gasteiger partial charge < -0.3 is 5.11 Å². The molecule has 0 saturated heterocycles. The summed E-state index contributed by atoms with van der Waals surface area (Å²) in [4.78, 5) is 0. The van der Waals surface area contributed by atoms with Crippen LogP contribution in [0.5, 0.6) is 0 Å². The van der Waals surface area contributed by atoms with Crippen molar-refractivity contribution in [1.29, 1.82) is 0 Å². The standard InChI is InChI=1S/C29H50O/c1-20(19-30)9-7-10-21(2)23-12-13-24-22-11-14-26-27(3,4)16-8-17-29(26,6)25(22)15-18-28(23,24)5/h14,20-25,30H,7-13,15-19H2,1-6H3/t20?,21-,22+,23-,24+,25+,28-,29-/m1/s1. The van der Waals surface area contributed by atoms with E-state index in [1.807, 2.05) is 5.57 Å². The molecule has 8 atom stereocenters. The molecule has 4 aliphatic rings. The first kappa shape index (κ1) is 22.9. The number of hydrogen-bond acceptors (Lipinski definition) is 1. The van der Waals surface area contributed by atoms with Crippen molar-refractivity contribution in [2.45, 2.75) is 112 Å². The third kappa shape index (κ3) is 3.64. The molecule has 4 rings (SSSR count). The molecule has 0 bridgehead atoms. The van der Waals surface area contributed by atoms with Crippen molar-refractivity contribution in [3.8, 4) is 0 Å². The lowest BCUT2D eigenvalue weighted by atomic mass is 9.44. The fourth-order valence-corrected chi connectivity index (χ4v) is 9.55. The van der Waals surface area contributed by atoms with Crippen LogP contribution in [0.1, 0.15) is 112 Å². The third-order valence-corrected chi connectivity index (χ3v) is 11.1. The zero-order valence-electron chi connectivity index (χ0n) is 21.0. The van der Waals surface area contributed by atoms with Crippen molar-refractivity contribution >= 4 is 0 Å². The average Bonchev–Trinajstić information content (AvgIpc) is 3.04. The minimum absolute atomic E-state index is 0.353. The Morgan fingerprint density at radius 3 is 2.47 bits per heavy atom. The normalized spacial score (nSPS) is 44.4. The highest BCUT2D eigenvalue weighted by Crippen LogP contribution is 2.68. The first-order chi connectivity index (χ1) is 14.1. The average molecular weight is 415 g/mol. The molecule has 0 spiro atoms. The van der Waals surface area contributed by atoms with Crippen LogP contribution >= 0.6 is 0 Å². The second-order valence-corrected chi connectivity index (χ2v) is 13.3. The molecule has 4 aliphatic carbocycles. The quantitative estimate of drug-likeness (QED) is 0.436. The number of fused-ring (bicyclic) bond motifs is 5. The summed E-state index contributed by atoms with van der Waals surface area (Å²) < 4.78 is 0. The van der Waals surface area contributed by atoms with Crippen LogP contribution in [0.2, 0.25) is 0 Å². The van der Waals surface area contributed by atoms with E-state index in [1.165, 1.54) is 70.6 Å². The molecule has 30 heavy (non-hydrogen) atoms. The molecule has 3 saturated carbocycles. The fourth-order valence-electron chi connectivity index (χ4n) is 9.55. The van der Waals surface area contributed by atoms with Gasteiger partial charge in [0, 0.05) is 6.61 Å². The number of aliphatic hydroxyl groups is 1. The number of rotatable bonds is 6. The molecule has 0 aliphatic heterocycles. The molecule has 0 heterocycles. The maximum atomic E-state index is 9.35. The van der Waals surface area contributed by atoms with Crippen LogP contribution in [0.25, 0.3) is 0 Å². The minimum Gasteiger partial charge on any atom is -0.396 e. The summed E-state index contributed by atoms with van der Waals surface area (Å²) in [6.45, 7) is 15.5. The van der Waals surface area contributed by atoms with Crippen LogP contribution in [0.3, 0.4) is 0 Å². The smallest absolute Gasteiger partial charge is 0.0456 e. The number of aliphatic hydroxyl groups excluding tert-OH is 1. The molecule has 172 valence electrons. The lowest BCUT2D eigenvalue weighted by Crippen LogP contribution is -2.52. The van der Waals surface area contributed by atoms with Crippen LogP contribution in [0.4, 0.5) is 0 Å². The predicted molar refractivity (Wildman–Crippen MR) is 128 cm³/mol. The van der Waals surface area contributed by atoms with Crippen LogP contribution in [0, 0.1) is 51.8 Å². The van der Waals surface area contributed by atoms with Crippen LogP contribution in [0.15, 0.2) is 11.6 Å². The van der Waals surface area contributed by atoms with Gasteiger partial charge in [0.15, 0.2) is 0 Å². The van der Waals surface area contributed by atoms with Crippen molar-refractivity contribution in [3.05, 3.63) is 11.6 Å². The molecule has 0 amide bonds. The van der Waals surface area contributed by atoms with E-state index in [0.717, 1.165) is 29.6 Å². The first-order valence-corrected chi connectivity index (χ1v) is 13.5. The molecule has 1 heteroatoms. The Hall–Kier alpha value is -0.300. The lowest BCUT2D eigenvalue weighted by Gasteiger charge is -2.60. The van der Waals surface area contributed by atoms with E-state index in [2.05, 4.69) is 47.6 Å². The maximum Gasteiger partial charge on any atom is 0.0456 e. The van der Waals surface area contributed by atoms with Gasteiger partial charge in [-0.1, -0.05) is 72.5 Å². The van der Waals surface area contributed by atoms with Gasteiger partial charge in [-0.25, -0.2) is 0 Å². The Morgan fingerprint density at radius 2 is 1.73 bits per heavy atom. The van der Waals surface area contributed by atoms with Crippen molar-refractivity contribution in [3.63, 3.8) is 0 Å². The summed E-state index contributed by atoms with van der Waals surface area (Å²) in [7, 11) is 0. The van der Waals surface area contributed by atoms with Gasteiger partial charge in [0.05, 0.1) is 0 Å². The molecule has 0 aromatic rings. The fraction of sp³-hybridized carbons (Fsp3) is 0.931. The summed E-state index contributed by atoms with van der Waals surface area (Å²) in [5.41, 5.74) is 3.33. The lowest BCUT2D eigenvalue weighted by molar-refractivity contribution is -0.0580. The number of hydrogen-bond donors (Lipinski definition) is 1. The van der Waals surface area contributed by atoms with E-state index in [4.69, 9.17) is 0 Å². The van der Waals surface area contributed by atoms with E-state index >= 15 is 0 Å². The summed E-state index contributed by atoms with van der Waals surface area (Å²) in [5.74, 6) is 5.09. The molecular weight excluding hydrogens is 364 g/mol. The summed E-state index contributed by atoms with van der Waals surface area (Å²) in [6, 6.07) is 0. The van der Waals surface area contributed by atoms with Gasteiger partial charge in [-0.05, 0) is 103 Å². The monoisotopic (exact) mass is 414 g/mol. The zero-order chi connectivity index (χ0) is 21.7. The first-order valence-electron chi connectivity index (χ1n) is 13.5. The predicted octanol–water partition coefficient (Wildman–Crippen LogP) is 8.03. The Kier molecular flexibility index (Phi) is 6.28. The summed E-state index contributed by atoms with van der Waals surface area (Å²) >= 11 is 0. The minimum atomic E-state index is 0.353. The molecule has 1 nitrogen and oxygen atoms in total. The summed E-state index contributed by atoms with van der Waals surface area (Å²) in [5, 5.41) is 9.35. The van der Waals surface area contributed by atoms with Crippen LogP contribution < -0.4 is 0 Å². The summed E-state index contributed by atoms with van der Waals surface area (Å²) in [6.07, 6.45) is 18.1. The van der Waals surface area contributed by atoms with Gasteiger partial charge in [-0.15, -0.1) is 0 Å². The molecule has 1 N–H and O–H groups in total. The van der Waals surface area contributed by atoms with Crippen molar-refractivity contribution in [1.82, 2.24) is 0 Å². The van der Waals surface area contributed by atoms with E-state index in [-0.39, 0.29) is 0 Å². The molecule has 0 aromatic carbocycles. The molecule has 1 unspecified atom stereocenters. The number of allylic oxidation sites excluding steroid dienone is 2. The van der Waals surface area contributed by atoms with Crippen molar-refractivity contribution < 1.29 is 5.11 Å². The van der Waals surface area contributed by atoms with Crippen LogP contribution in [-0.4, -0.2) is 11.7 Å². The SMILES string of the molecule is CC(CO)CCC[C@@H](C)[C@H]1CC[C@H]2[C@@H]3CC=C4C(C)(C)CCC[C@]4(C)[C@H]3CC[C@]12C. The van der Waals surface area contributed by atoms with Crippen molar-refractivity contribution in [2.75, 3.05) is 6.61 Å². The Balaban J connectivity index is 1.49. The molecule has 3 fully saturated rings. The van der Waals surface area contributed by atoms with Gasteiger partial charge in [-0.2, -0.15) is 0 Å². The van der Waals surface area contributed by atoms with Crippen molar-refractivity contribution in [2.24, 2.45) is 51.8 Å². The van der Waals surface area contributed by atoms with E-state index in [9.17, 15) is 5.11 Å². The van der Waals surface area contributed by atoms with E-state index in [1.54, 1.807) is 0 Å². The van der Waals surface area contributed by atoms with E-state index in [0.29, 0.717) is 28.8 Å².